The van der Waals surface area contributed by atoms with Gasteiger partial charge in [0.15, 0.2) is 11.6 Å². The Labute approximate surface area is 271 Å². The van der Waals surface area contributed by atoms with Gasteiger partial charge in [-0.25, -0.2) is 13.5 Å². The Bertz CT molecular complexity index is 1860. The number of rotatable bonds is 8. The number of likely N-dealkylation sites (tertiary alicyclic amines) is 1. The highest BCUT2D eigenvalue weighted by Crippen LogP contribution is 2.37. The zero-order valence-corrected chi connectivity index (χ0v) is 27.5. The van der Waals surface area contributed by atoms with Crippen molar-refractivity contribution in [2.24, 2.45) is 0 Å². The number of nitrogen functional groups attached to an aromatic ring is 1. The lowest BCUT2D eigenvalue weighted by atomic mass is 9.88. The molecule has 2 N–H and O–H groups in total. The van der Waals surface area contributed by atoms with Crippen LogP contribution in [0.15, 0.2) is 66.9 Å². The minimum absolute atomic E-state index is 0.123. The Kier molecular flexibility index (Phi) is 8.71. The number of ketones is 1. The Hall–Kier alpha value is -3.42. The number of nitrogens with zero attached hydrogens (tertiary/aromatic N) is 4. The normalized spacial score (nSPS) is 14.5. The number of halogens is 3. The molecular formula is C33H32F2IN5O2S. The van der Waals surface area contributed by atoms with E-state index >= 15 is 4.39 Å². The summed E-state index contributed by atoms with van der Waals surface area (Å²) in [6, 6.07) is 17.1. The van der Waals surface area contributed by atoms with E-state index in [0.29, 0.717) is 34.3 Å². The first-order chi connectivity index (χ1) is 21.2. The summed E-state index contributed by atoms with van der Waals surface area (Å²) in [5.41, 5.74) is 9.91. The third-order valence-corrected chi connectivity index (χ3v) is 10.1. The Morgan fingerprint density at radius 3 is 2.50 bits per heavy atom. The van der Waals surface area contributed by atoms with Crippen LogP contribution in [0.1, 0.15) is 59.8 Å². The fraction of sp³-hybridized carbons (Fsp3) is 0.273. The van der Waals surface area contributed by atoms with Crippen LogP contribution in [-0.2, 0) is 0 Å². The van der Waals surface area contributed by atoms with Crippen LogP contribution < -0.4 is 10.5 Å². The third kappa shape index (κ3) is 5.72. The van der Waals surface area contributed by atoms with E-state index in [4.69, 9.17) is 10.5 Å². The zero-order chi connectivity index (χ0) is 31.1. The monoisotopic (exact) mass is 727 g/mol. The van der Waals surface area contributed by atoms with Crippen molar-refractivity contribution in [2.45, 2.75) is 45.6 Å². The van der Waals surface area contributed by atoms with Crippen molar-refractivity contribution in [3.05, 3.63) is 101 Å². The van der Waals surface area contributed by atoms with Crippen LogP contribution in [0, 0.1) is 18.6 Å². The fourth-order valence-electron chi connectivity index (χ4n) is 5.94. The first-order valence-electron chi connectivity index (χ1n) is 14.5. The number of anilines is 1. The lowest BCUT2D eigenvalue weighted by Gasteiger charge is -2.34. The number of aryl methyl sites for hydroxylation is 1. The van der Waals surface area contributed by atoms with E-state index in [1.165, 1.54) is 26.1 Å². The molecular weight excluding hydrogens is 695 g/mol. The third-order valence-electron chi connectivity index (χ3n) is 8.39. The Morgan fingerprint density at radius 2 is 1.82 bits per heavy atom. The molecule has 0 spiro atoms. The van der Waals surface area contributed by atoms with E-state index in [0.717, 1.165) is 36.9 Å². The molecule has 11 heteroatoms. The maximum Gasteiger partial charge on any atom is 0.215 e. The molecule has 0 radical (unpaired) electrons. The molecule has 0 saturated carbocycles. The van der Waals surface area contributed by atoms with Crippen molar-refractivity contribution >= 4 is 52.8 Å². The number of hydrogen-bond acceptors (Lipinski definition) is 6. The first-order valence-corrected chi connectivity index (χ1v) is 17.8. The summed E-state index contributed by atoms with van der Waals surface area (Å²) in [4.78, 5) is 16.3. The van der Waals surface area contributed by atoms with Crippen molar-refractivity contribution < 1.29 is 18.3 Å². The minimum atomic E-state index is -0.457. The average Bonchev–Trinajstić information content (AvgIpc) is 3.57. The van der Waals surface area contributed by atoms with E-state index in [-0.39, 0.29) is 34.6 Å². The van der Waals surface area contributed by atoms with Crippen molar-refractivity contribution in [2.75, 3.05) is 18.8 Å². The first kappa shape index (κ1) is 30.6. The molecule has 6 rings (SSSR count). The van der Waals surface area contributed by atoms with Gasteiger partial charge in [0, 0.05) is 41.8 Å². The largest absolute Gasteiger partial charge is 0.454 e. The van der Waals surface area contributed by atoms with Crippen LogP contribution in [0.2, 0.25) is 0 Å². The van der Waals surface area contributed by atoms with Crippen LogP contribution in [0.3, 0.4) is 0 Å². The van der Waals surface area contributed by atoms with Gasteiger partial charge in [0.1, 0.15) is 23.1 Å². The van der Waals surface area contributed by atoms with Gasteiger partial charge in [-0.05, 0) is 112 Å². The number of benzene rings is 3. The molecule has 1 fully saturated rings. The predicted octanol–water partition coefficient (Wildman–Crippen LogP) is 8.45. The van der Waals surface area contributed by atoms with Crippen molar-refractivity contribution in [1.29, 1.82) is 0 Å². The molecule has 1 saturated heterocycles. The number of aromatic nitrogens is 3. The van der Waals surface area contributed by atoms with E-state index in [1.807, 2.05) is 19.1 Å². The maximum atomic E-state index is 15.5. The summed E-state index contributed by atoms with van der Waals surface area (Å²) in [6.45, 7) is 8.12. The Morgan fingerprint density at radius 1 is 1.07 bits per heavy atom. The SMILES string of the molecule is Cc1cc(Oc2ccccc2F)ccc1-n1ncc(C(=O)c2cc3cc(C4CCN(C(C)C)CC4)c(F)cc3n2SI)c1N. The number of para-hydroxylation sites is 1. The second-order valence-corrected chi connectivity index (χ2v) is 13.1. The number of piperidine rings is 1. The summed E-state index contributed by atoms with van der Waals surface area (Å²) in [5, 5.41) is 5.24. The molecule has 5 aromatic rings. The van der Waals surface area contributed by atoms with Gasteiger partial charge in [-0.2, -0.15) is 5.10 Å². The molecule has 0 amide bonds. The molecule has 228 valence electrons. The van der Waals surface area contributed by atoms with Crippen LogP contribution in [0.5, 0.6) is 11.5 Å². The van der Waals surface area contributed by atoms with E-state index in [9.17, 15) is 9.18 Å². The molecule has 0 bridgehead atoms. The molecule has 1 aliphatic rings. The average molecular weight is 728 g/mol. The van der Waals surface area contributed by atoms with Gasteiger partial charge in [0.2, 0.25) is 5.78 Å². The molecule has 0 atom stereocenters. The van der Waals surface area contributed by atoms with E-state index in [1.54, 1.807) is 46.4 Å². The summed E-state index contributed by atoms with van der Waals surface area (Å²) < 4.78 is 38.5. The number of fused-ring (bicyclic) bond motifs is 1. The summed E-state index contributed by atoms with van der Waals surface area (Å²) in [7, 11) is 1.31. The lowest BCUT2D eigenvalue weighted by molar-refractivity contribution is 0.103. The van der Waals surface area contributed by atoms with Crippen LogP contribution in [0.25, 0.3) is 16.6 Å². The quantitative estimate of drug-likeness (QED) is 0.128. The molecule has 7 nitrogen and oxygen atoms in total. The second kappa shape index (κ2) is 12.5. The number of ether oxygens (including phenoxy) is 1. The minimum Gasteiger partial charge on any atom is -0.454 e. The maximum absolute atomic E-state index is 15.5. The summed E-state index contributed by atoms with van der Waals surface area (Å²) in [5.74, 6) is -0.100. The van der Waals surface area contributed by atoms with Crippen LogP contribution >= 0.6 is 30.3 Å². The standard InChI is InChI=1S/C33H32F2IN5O2S/c1-19(2)39-12-10-21(11-13-39)24-15-22-16-30(41(44-36)29(22)17-27(24)35)32(42)25-18-38-40(33(25)37)28-9-8-23(14-20(28)3)43-31-7-5-4-6-26(31)34/h4-9,14-19,21H,10-13,37H2,1-3H3. The second-order valence-electron chi connectivity index (χ2n) is 11.4. The fourth-order valence-corrected chi connectivity index (χ4v) is 7.66. The van der Waals surface area contributed by atoms with Gasteiger partial charge in [-0.1, -0.05) is 12.1 Å². The van der Waals surface area contributed by atoms with Crippen LogP contribution in [0.4, 0.5) is 14.6 Å². The molecule has 2 aromatic heterocycles. The molecule has 1 aliphatic heterocycles. The summed E-state index contributed by atoms with van der Waals surface area (Å²) >= 11 is 2.10. The topological polar surface area (TPSA) is 78.3 Å². The number of carbonyl (C=O) groups is 1. The van der Waals surface area contributed by atoms with Gasteiger partial charge in [-0.3, -0.25) is 8.77 Å². The van der Waals surface area contributed by atoms with Crippen molar-refractivity contribution in [1.82, 2.24) is 18.7 Å². The van der Waals surface area contributed by atoms with Crippen LogP contribution in [-0.4, -0.2) is 43.6 Å². The highest BCUT2D eigenvalue weighted by atomic mass is 127. The smallest absolute Gasteiger partial charge is 0.215 e. The molecule has 3 aromatic carbocycles. The molecule has 0 aliphatic carbocycles. The predicted molar refractivity (Wildman–Crippen MR) is 180 cm³/mol. The lowest BCUT2D eigenvalue weighted by Crippen LogP contribution is -2.38. The van der Waals surface area contributed by atoms with E-state index < -0.39 is 5.82 Å². The zero-order valence-electron chi connectivity index (χ0n) is 24.6. The number of hydrogen-bond donors (Lipinski definition) is 1. The van der Waals surface area contributed by atoms with Gasteiger partial charge >= 0.3 is 0 Å². The van der Waals surface area contributed by atoms with Crippen molar-refractivity contribution in [3.8, 4) is 17.2 Å². The van der Waals surface area contributed by atoms with Crippen molar-refractivity contribution in [3.63, 3.8) is 0 Å². The number of carbonyl (C=O) groups excluding carboxylic acids is 1. The van der Waals surface area contributed by atoms with Gasteiger partial charge in [0.05, 0.1) is 23.0 Å². The molecule has 3 heterocycles. The summed E-state index contributed by atoms with van der Waals surface area (Å²) in [6.07, 6.45) is 3.26. The molecule has 0 unspecified atom stereocenters. The Balaban J connectivity index is 1.28. The molecule has 44 heavy (non-hydrogen) atoms. The van der Waals surface area contributed by atoms with Gasteiger partial charge in [0.25, 0.3) is 0 Å². The highest BCUT2D eigenvalue weighted by Gasteiger charge is 2.27. The van der Waals surface area contributed by atoms with Gasteiger partial charge < -0.3 is 15.4 Å². The highest BCUT2D eigenvalue weighted by molar-refractivity contribution is 14.2. The number of nitrogens with two attached hydrogens (primary N) is 1. The van der Waals surface area contributed by atoms with Gasteiger partial charge in [-0.15, -0.1) is 0 Å². The van der Waals surface area contributed by atoms with E-state index in [2.05, 4.69) is 45.1 Å².